The van der Waals surface area contributed by atoms with E-state index in [-0.39, 0.29) is 4.90 Å². The molecule has 0 aliphatic rings. The molecule has 0 aliphatic heterocycles. The van der Waals surface area contributed by atoms with Gasteiger partial charge in [0.05, 0.1) is 18.3 Å². The Hall–Kier alpha value is -2.60. The van der Waals surface area contributed by atoms with Crippen LogP contribution in [-0.2, 0) is 10.0 Å². The fourth-order valence-electron chi connectivity index (χ4n) is 2.56. The van der Waals surface area contributed by atoms with E-state index in [0.29, 0.717) is 17.0 Å². The molecule has 24 heavy (non-hydrogen) atoms. The minimum Gasteiger partial charge on any atom is -0.495 e. The first-order chi connectivity index (χ1) is 11.4. The summed E-state index contributed by atoms with van der Waals surface area (Å²) >= 11 is 0. The normalized spacial score (nSPS) is 11.5. The number of nitrogens with one attached hydrogen (secondary N) is 1. The average Bonchev–Trinajstić information content (AvgIpc) is 2.54. The van der Waals surface area contributed by atoms with Gasteiger partial charge in [-0.1, -0.05) is 18.2 Å². The lowest BCUT2D eigenvalue weighted by atomic mass is 10.2. The molecule has 0 radical (unpaired) electrons. The van der Waals surface area contributed by atoms with Crippen molar-refractivity contribution in [3.63, 3.8) is 0 Å². The Kier molecular flexibility index (Phi) is 4.15. The molecule has 0 aliphatic carbocycles. The van der Waals surface area contributed by atoms with Crippen LogP contribution in [0.25, 0.3) is 10.9 Å². The zero-order chi connectivity index (χ0) is 17.3. The van der Waals surface area contributed by atoms with Gasteiger partial charge in [-0.3, -0.25) is 9.71 Å². The molecule has 124 valence electrons. The van der Waals surface area contributed by atoms with E-state index in [1.54, 1.807) is 30.5 Å². The van der Waals surface area contributed by atoms with Crippen molar-refractivity contribution in [1.82, 2.24) is 4.98 Å². The second-order valence-corrected chi connectivity index (χ2v) is 7.30. The van der Waals surface area contributed by atoms with E-state index in [0.717, 1.165) is 16.5 Å². The average molecular weight is 342 g/mol. The number of anilines is 1. The van der Waals surface area contributed by atoms with E-state index in [9.17, 15) is 8.42 Å². The summed E-state index contributed by atoms with van der Waals surface area (Å²) in [6.07, 6.45) is 1.66. The molecular weight excluding hydrogens is 324 g/mol. The van der Waals surface area contributed by atoms with Gasteiger partial charge in [0, 0.05) is 11.6 Å². The number of benzene rings is 2. The van der Waals surface area contributed by atoms with Crippen molar-refractivity contribution in [2.45, 2.75) is 18.7 Å². The number of para-hydroxylation sites is 1. The lowest BCUT2D eigenvalue weighted by Crippen LogP contribution is -2.14. The van der Waals surface area contributed by atoms with E-state index >= 15 is 0 Å². The summed E-state index contributed by atoms with van der Waals surface area (Å²) in [6.45, 7) is 3.81. The highest BCUT2D eigenvalue weighted by Gasteiger charge is 2.20. The van der Waals surface area contributed by atoms with Crippen LogP contribution >= 0.6 is 0 Å². The molecule has 0 spiro atoms. The third kappa shape index (κ3) is 3.05. The molecule has 6 heteroatoms. The van der Waals surface area contributed by atoms with Crippen LogP contribution in [0.15, 0.2) is 53.6 Å². The third-order valence-corrected chi connectivity index (χ3v) is 5.10. The highest BCUT2D eigenvalue weighted by molar-refractivity contribution is 7.93. The summed E-state index contributed by atoms with van der Waals surface area (Å²) in [7, 11) is -2.29. The van der Waals surface area contributed by atoms with Crippen molar-refractivity contribution in [2.24, 2.45) is 0 Å². The second-order valence-electron chi connectivity index (χ2n) is 5.65. The number of hydrogen-bond donors (Lipinski definition) is 1. The topological polar surface area (TPSA) is 68.3 Å². The van der Waals surface area contributed by atoms with Gasteiger partial charge in [0.1, 0.15) is 10.6 Å². The van der Waals surface area contributed by atoms with E-state index < -0.39 is 10.0 Å². The molecule has 1 N–H and O–H groups in total. The minimum absolute atomic E-state index is 0.142. The molecule has 0 unspecified atom stereocenters. The van der Waals surface area contributed by atoms with Gasteiger partial charge in [0.25, 0.3) is 10.0 Å². The number of methoxy groups -OCH3 is 1. The van der Waals surface area contributed by atoms with Crippen LogP contribution in [0.1, 0.15) is 11.1 Å². The highest BCUT2D eigenvalue weighted by Crippen LogP contribution is 2.29. The molecule has 1 heterocycles. The largest absolute Gasteiger partial charge is 0.495 e. The smallest absolute Gasteiger partial charge is 0.264 e. The maximum absolute atomic E-state index is 12.9. The first-order valence-electron chi connectivity index (χ1n) is 7.43. The molecule has 3 aromatic rings. The van der Waals surface area contributed by atoms with Gasteiger partial charge in [-0.2, -0.15) is 0 Å². The Morgan fingerprint density at radius 2 is 1.83 bits per heavy atom. The highest BCUT2D eigenvalue weighted by atomic mass is 32.2. The molecule has 0 saturated carbocycles. The van der Waals surface area contributed by atoms with Gasteiger partial charge in [0.2, 0.25) is 0 Å². The number of aromatic nitrogens is 1. The summed E-state index contributed by atoms with van der Waals surface area (Å²) < 4.78 is 33.6. The molecule has 0 amide bonds. The molecule has 0 bridgehead atoms. The van der Waals surface area contributed by atoms with Gasteiger partial charge < -0.3 is 4.74 Å². The van der Waals surface area contributed by atoms with E-state index in [1.165, 1.54) is 7.11 Å². The molecule has 5 nitrogen and oxygen atoms in total. The predicted molar refractivity (Wildman–Crippen MR) is 95.0 cm³/mol. The summed E-state index contributed by atoms with van der Waals surface area (Å²) in [4.78, 5) is 4.44. The number of ether oxygens (including phenoxy) is 1. The van der Waals surface area contributed by atoms with Crippen molar-refractivity contribution < 1.29 is 13.2 Å². The number of hydrogen-bond acceptors (Lipinski definition) is 4. The zero-order valence-electron chi connectivity index (χ0n) is 13.7. The molecule has 2 aromatic carbocycles. The number of rotatable bonds is 4. The molecule has 1 aromatic heterocycles. The van der Waals surface area contributed by atoms with Gasteiger partial charge in [-0.25, -0.2) is 8.42 Å². The lowest BCUT2D eigenvalue weighted by molar-refractivity contribution is 0.417. The number of fused-ring (bicyclic) bond motifs is 1. The standard InChI is InChI=1S/C18H18N2O3S/c1-12-7-8-16(23-3)15(10-12)20-24(21,22)17-6-4-5-14-9-13(2)11-19-18(14)17/h4-11,20H,1-3H3. The van der Waals surface area contributed by atoms with Gasteiger partial charge >= 0.3 is 0 Å². The summed E-state index contributed by atoms with van der Waals surface area (Å²) in [5.41, 5.74) is 2.76. The quantitative estimate of drug-likeness (QED) is 0.785. The van der Waals surface area contributed by atoms with Crippen molar-refractivity contribution >= 4 is 26.6 Å². The van der Waals surface area contributed by atoms with Crippen LogP contribution in [0.3, 0.4) is 0 Å². The van der Waals surface area contributed by atoms with Crippen LogP contribution in [0.2, 0.25) is 0 Å². The Bertz CT molecular complexity index is 1010. The summed E-state index contributed by atoms with van der Waals surface area (Å²) in [6, 6.07) is 12.4. The monoisotopic (exact) mass is 342 g/mol. The molecule has 0 atom stereocenters. The van der Waals surface area contributed by atoms with Crippen LogP contribution in [0, 0.1) is 13.8 Å². The van der Waals surface area contributed by atoms with Crippen molar-refractivity contribution in [3.05, 3.63) is 59.8 Å². The van der Waals surface area contributed by atoms with Crippen molar-refractivity contribution in [3.8, 4) is 5.75 Å². The molecule has 0 fully saturated rings. The number of pyridine rings is 1. The van der Waals surface area contributed by atoms with Crippen LogP contribution in [-0.4, -0.2) is 20.5 Å². The second kappa shape index (κ2) is 6.13. The SMILES string of the molecule is COc1ccc(C)cc1NS(=O)(=O)c1cccc2cc(C)cnc12. The molecular formula is C18H18N2O3S. The maximum Gasteiger partial charge on any atom is 0.264 e. The van der Waals surface area contributed by atoms with Crippen molar-refractivity contribution in [2.75, 3.05) is 11.8 Å². The maximum atomic E-state index is 12.9. The van der Waals surface area contributed by atoms with Crippen LogP contribution in [0.4, 0.5) is 5.69 Å². The zero-order valence-corrected chi connectivity index (χ0v) is 14.5. The Morgan fingerprint density at radius 3 is 2.58 bits per heavy atom. The fraction of sp³-hybridized carbons (Fsp3) is 0.167. The number of aryl methyl sites for hydroxylation is 2. The van der Waals surface area contributed by atoms with Crippen LogP contribution < -0.4 is 9.46 Å². The minimum atomic E-state index is -3.79. The fourth-order valence-corrected chi connectivity index (χ4v) is 3.80. The Labute approximate surface area is 141 Å². The first-order valence-corrected chi connectivity index (χ1v) is 8.92. The summed E-state index contributed by atoms with van der Waals surface area (Å²) in [5, 5.41) is 0.786. The predicted octanol–water partition coefficient (Wildman–Crippen LogP) is 3.66. The third-order valence-electron chi connectivity index (χ3n) is 3.70. The number of sulfonamides is 1. The van der Waals surface area contributed by atoms with Gasteiger partial charge in [-0.15, -0.1) is 0 Å². The lowest BCUT2D eigenvalue weighted by Gasteiger charge is -2.13. The van der Waals surface area contributed by atoms with E-state index in [2.05, 4.69) is 9.71 Å². The summed E-state index contributed by atoms with van der Waals surface area (Å²) in [5.74, 6) is 0.466. The molecule has 0 saturated heterocycles. The van der Waals surface area contributed by atoms with Gasteiger partial charge in [0.15, 0.2) is 0 Å². The first kappa shape index (κ1) is 16.3. The van der Waals surface area contributed by atoms with Crippen molar-refractivity contribution in [1.29, 1.82) is 0 Å². The van der Waals surface area contributed by atoms with Gasteiger partial charge in [-0.05, 0) is 49.2 Å². The number of nitrogens with zero attached hydrogens (tertiary/aromatic N) is 1. The van der Waals surface area contributed by atoms with E-state index in [4.69, 9.17) is 4.74 Å². The Balaban J connectivity index is 2.11. The molecule has 3 rings (SSSR count). The Morgan fingerprint density at radius 1 is 1.04 bits per heavy atom. The van der Waals surface area contributed by atoms with E-state index in [1.807, 2.05) is 32.0 Å². The van der Waals surface area contributed by atoms with Crippen LogP contribution in [0.5, 0.6) is 5.75 Å².